The van der Waals surface area contributed by atoms with E-state index in [4.69, 9.17) is 21.3 Å². The van der Waals surface area contributed by atoms with Gasteiger partial charge in [0.1, 0.15) is 18.2 Å². The van der Waals surface area contributed by atoms with Crippen LogP contribution in [-0.2, 0) is 17.8 Å². The monoisotopic (exact) mass is 489 g/mol. The van der Waals surface area contributed by atoms with Gasteiger partial charge in [-0.15, -0.1) is 0 Å². The van der Waals surface area contributed by atoms with Crippen molar-refractivity contribution < 1.29 is 9.53 Å². The highest BCUT2D eigenvalue weighted by Crippen LogP contribution is 2.28. The smallest absolute Gasteiger partial charge is 0.224 e. The lowest BCUT2D eigenvalue weighted by Gasteiger charge is -2.18. The first kappa shape index (κ1) is 24.8. The van der Waals surface area contributed by atoms with Gasteiger partial charge < -0.3 is 14.6 Å². The van der Waals surface area contributed by atoms with Crippen molar-refractivity contribution in [1.82, 2.24) is 14.9 Å². The van der Waals surface area contributed by atoms with E-state index in [1.54, 1.807) is 12.1 Å². The molecule has 1 atom stereocenters. The van der Waals surface area contributed by atoms with Gasteiger partial charge in [0, 0.05) is 5.02 Å². The SMILES string of the molecule is Cc1ccc(C(C)C)c(OCCn2c(C(C)NC(=O)Cc3ccc(Cl)cc3)nc3ccccc32)c1. The van der Waals surface area contributed by atoms with Crippen LogP contribution in [0.15, 0.2) is 66.7 Å². The predicted molar refractivity (Wildman–Crippen MR) is 142 cm³/mol. The molecule has 0 saturated heterocycles. The fourth-order valence-corrected chi connectivity index (χ4v) is 4.42. The number of nitrogens with zero attached hydrogens (tertiary/aromatic N) is 2. The van der Waals surface area contributed by atoms with Gasteiger partial charge in [-0.2, -0.15) is 0 Å². The Bertz CT molecular complexity index is 1310. The molecule has 182 valence electrons. The number of benzene rings is 3. The Hall–Kier alpha value is -3.31. The molecular formula is C29H32ClN3O2. The molecule has 35 heavy (non-hydrogen) atoms. The topological polar surface area (TPSA) is 56.1 Å². The van der Waals surface area contributed by atoms with Crippen LogP contribution in [0.25, 0.3) is 11.0 Å². The van der Waals surface area contributed by atoms with Gasteiger partial charge in [-0.1, -0.05) is 61.8 Å². The van der Waals surface area contributed by atoms with Crippen LogP contribution in [0.4, 0.5) is 0 Å². The van der Waals surface area contributed by atoms with Crippen molar-refractivity contribution >= 4 is 28.5 Å². The van der Waals surface area contributed by atoms with Gasteiger partial charge in [0.05, 0.1) is 30.0 Å². The second kappa shape index (κ2) is 11.0. The van der Waals surface area contributed by atoms with Crippen LogP contribution in [0.5, 0.6) is 5.75 Å². The summed E-state index contributed by atoms with van der Waals surface area (Å²) in [7, 11) is 0. The molecule has 1 aromatic heterocycles. The van der Waals surface area contributed by atoms with E-state index in [0.717, 1.165) is 28.2 Å². The molecule has 0 spiro atoms. The van der Waals surface area contributed by atoms with Gasteiger partial charge in [-0.3, -0.25) is 4.79 Å². The Balaban J connectivity index is 1.50. The zero-order valence-electron chi connectivity index (χ0n) is 20.7. The van der Waals surface area contributed by atoms with Gasteiger partial charge in [0.25, 0.3) is 0 Å². The molecule has 0 aliphatic rings. The van der Waals surface area contributed by atoms with E-state index in [1.807, 2.05) is 37.3 Å². The molecule has 3 aromatic carbocycles. The van der Waals surface area contributed by atoms with Crippen molar-refractivity contribution in [3.05, 3.63) is 94.3 Å². The lowest BCUT2D eigenvalue weighted by Crippen LogP contribution is -2.30. The molecule has 4 rings (SSSR count). The number of hydrogen-bond acceptors (Lipinski definition) is 3. The summed E-state index contributed by atoms with van der Waals surface area (Å²) in [4.78, 5) is 17.6. The van der Waals surface area contributed by atoms with Gasteiger partial charge in [0.2, 0.25) is 5.91 Å². The third-order valence-corrected chi connectivity index (χ3v) is 6.34. The molecule has 0 bridgehead atoms. The standard InChI is InChI=1S/C29H32ClN3O2/c1-19(2)24-14-9-20(3)17-27(24)35-16-15-33-26-8-6-5-7-25(26)32-29(33)21(4)31-28(34)18-22-10-12-23(30)13-11-22/h5-14,17,19,21H,15-16,18H2,1-4H3,(H,31,34). The summed E-state index contributed by atoms with van der Waals surface area (Å²) in [5.74, 6) is 2.06. The third kappa shape index (κ3) is 6.04. The van der Waals surface area contributed by atoms with Crippen LogP contribution >= 0.6 is 11.6 Å². The number of rotatable bonds is 9. The highest BCUT2D eigenvalue weighted by atomic mass is 35.5. The van der Waals surface area contributed by atoms with Crippen molar-refractivity contribution in [3.63, 3.8) is 0 Å². The Morgan fingerprint density at radius 2 is 1.80 bits per heavy atom. The first-order valence-corrected chi connectivity index (χ1v) is 12.4. The van der Waals surface area contributed by atoms with Crippen LogP contribution in [0, 0.1) is 6.92 Å². The largest absolute Gasteiger partial charge is 0.491 e. The zero-order valence-corrected chi connectivity index (χ0v) is 21.5. The van der Waals surface area contributed by atoms with Gasteiger partial charge >= 0.3 is 0 Å². The summed E-state index contributed by atoms with van der Waals surface area (Å²) < 4.78 is 8.41. The van der Waals surface area contributed by atoms with Gasteiger partial charge in [-0.05, 0) is 66.8 Å². The van der Waals surface area contributed by atoms with Crippen LogP contribution in [0.3, 0.4) is 0 Å². The highest BCUT2D eigenvalue weighted by Gasteiger charge is 2.19. The molecule has 5 nitrogen and oxygen atoms in total. The maximum absolute atomic E-state index is 12.7. The lowest BCUT2D eigenvalue weighted by molar-refractivity contribution is -0.121. The van der Waals surface area contributed by atoms with Crippen molar-refractivity contribution in [3.8, 4) is 5.75 Å². The molecule has 1 amide bonds. The highest BCUT2D eigenvalue weighted by molar-refractivity contribution is 6.30. The number of ether oxygens (including phenoxy) is 1. The molecule has 0 aliphatic heterocycles. The van der Waals surface area contributed by atoms with Crippen molar-refractivity contribution in [2.45, 2.75) is 52.6 Å². The molecule has 6 heteroatoms. The van der Waals surface area contributed by atoms with Crippen LogP contribution in [0.2, 0.25) is 5.02 Å². The molecular weight excluding hydrogens is 458 g/mol. The number of carbonyl (C=O) groups excluding carboxylic acids is 1. The second-order valence-electron chi connectivity index (χ2n) is 9.25. The number of aromatic nitrogens is 2. The molecule has 0 aliphatic carbocycles. The Kier molecular flexibility index (Phi) is 7.76. The predicted octanol–water partition coefficient (Wildman–Crippen LogP) is 6.62. The average molecular weight is 490 g/mol. The first-order chi connectivity index (χ1) is 16.8. The van der Waals surface area contributed by atoms with E-state index >= 15 is 0 Å². The molecule has 1 unspecified atom stereocenters. The van der Waals surface area contributed by atoms with Crippen molar-refractivity contribution in [1.29, 1.82) is 0 Å². The van der Waals surface area contributed by atoms with Crippen molar-refractivity contribution in [2.24, 2.45) is 0 Å². The van der Waals surface area contributed by atoms with Crippen LogP contribution in [0.1, 0.15) is 55.2 Å². The summed E-state index contributed by atoms with van der Waals surface area (Å²) in [5.41, 5.74) is 5.22. The minimum Gasteiger partial charge on any atom is -0.491 e. The number of carbonyl (C=O) groups is 1. The van der Waals surface area contributed by atoms with Crippen molar-refractivity contribution in [2.75, 3.05) is 6.61 Å². The number of imidazole rings is 1. The second-order valence-corrected chi connectivity index (χ2v) is 9.68. The summed E-state index contributed by atoms with van der Waals surface area (Å²) in [6.45, 7) is 9.52. The summed E-state index contributed by atoms with van der Waals surface area (Å²) >= 11 is 5.96. The van der Waals surface area contributed by atoms with Gasteiger partial charge in [0.15, 0.2) is 0 Å². The lowest BCUT2D eigenvalue weighted by atomic mass is 10.0. The minimum atomic E-state index is -0.257. The van der Waals surface area contributed by atoms with E-state index in [-0.39, 0.29) is 18.4 Å². The fraction of sp³-hybridized carbons (Fsp3) is 0.310. The van der Waals surface area contributed by atoms with E-state index in [0.29, 0.717) is 24.1 Å². The number of halogens is 1. The molecule has 1 N–H and O–H groups in total. The normalized spacial score (nSPS) is 12.2. The maximum atomic E-state index is 12.7. The minimum absolute atomic E-state index is 0.0592. The molecule has 1 heterocycles. The van der Waals surface area contributed by atoms with E-state index in [2.05, 4.69) is 54.9 Å². The number of amides is 1. The molecule has 0 saturated carbocycles. The Morgan fingerprint density at radius 1 is 1.06 bits per heavy atom. The van der Waals surface area contributed by atoms with E-state index in [9.17, 15) is 4.79 Å². The maximum Gasteiger partial charge on any atom is 0.224 e. The zero-order chi connectivity index (χ0) is 24.9. The van der Waals surface area contributed by atoms with E-state index < -0.39 is 0 Å². The number of nitrogens with one attached hydrogen (secondary N) is 1. The van der Waals surface area contributed by atoms with Gasteiger partial charge in [-0.25, -0.2) is 4.98 Å². The number of para-hydroxylation sites is 2. The molecule has 0 radical (unpaired) electrons. The quantitative estimate of drug-likeness (QED) is 0.287. The van der Waals surface area contributed by atoms with Crippen LogP contribution < -0.4 is 10.1 Å². The molecule has 4 aromatic rings. The summed E-state index contributed by atoms with van der Waals surface area (Å²) in [6.07, 6.45) is 0.288. The third-order valence-electron chi connectivity index (χ3n) is 6.09. The van der Waals surface area contributed by atoms with Crippen LogP contribution in [-0.4, -0.2) is 22.1 Å². The number of aryl methyl sites for hydroxylation is 1. The number of hydrogen-bond donors (Lipinski definition) is 1. The number of fused-ring (bicyclic) bond motifs is 1. The average Bonchev–Trinajstić information content (AvgIpc) is 3.19. The Morgan fingerprint density at radius 3 is 2.54 bits per heavy atom. The summed E-state index contributed by atoms with van der Waals surface area (Å²) in [6, 6.07) is 21.5. The summed E-state index contributed by atoms with van der Waals surface area (Å²) in [5, 5.41) is 3.76. The first-order valence-electron chi connectivity index (χ1n) is 12.0. The Labute approximate surface area is 212 Å². The fourth-order valence-electron chi connectivity index (χ4n) is 4.29. The molecule has 0 fully saturated rings. The van der Waals surface area contributed by atoms with E-state index in [1.165, 1.54) is 11.1 Å².